The van der Waals surface area contributed by atoms with Crippen molar-refractivity contribution in [2.45, 2.75) is 32.2 Å². The van der Waals surface area contributed by atoms with E-state index >= 15 is 0 Å². The van der Waals surface area contributed by atoms with Crippen LogP contribution < -0.4 is 5.32 Å². The normalized spacial score (nSPS) is 12.2. The molecule has 4 rings (SSSR count). The lowest BCUT2D eigenvalue weighted by atomic mass is 9.98. The van der Waals surface area contributed by atoms with Gasteiger partial charge in [0.2, 0.25) is 5.88 Å². The predicted molar refractivity (Wildman–Crippen MR) is 124 cm³/mol. The van der Waals surface area contributed by atoms with E-state index in [0.29, 0.717) is 0 Å². The highest BCUT2D eigenvalue weighted by atomic mass is 16.6. The fraction of sp³-hybridized carbons (Fsp3) is 0.280. The second-order valence-electron chi connectivity index (χ2n) is 8.26. The highest BCUT2D eigenvalue weighted by Crippen LogP contribution is 2.44. The number of nitrogens with one attached hydrogen (secondary N) is 1. The summed E-state index contributed by atoms with van der Waals surface area (Å²) in [7, 11) is 0. The van der Waals surface area contributed by atoms with E-state index in [1.54, 1.807) is 13.8 Å². The number of hydrogen-bond donors (Lipinski definition) is 2. The molecule has 0 aliphatic heterocycles. The fourth-order valence-corrected chi connectivity index (χ4v) is 4.13. The molecule has 0 radical (unpaired) electrons. The first-order valence-corrected chi connectivity index (χ1v) is 11.0. The fourth-order valence-electron chi connectivity index (χ4n) is 4.13. The SMILES string of the molecule is CC(C)N(CCC(=O)O)C(=O)c1cc(NC(=O)OCC2c3ccccc3-c3ccccc32)on1. The summed E-state index contributed by atoms with van der Waals surface area (Å²) in [6.45, 7) is 3.72. The third-order valence-electron chi connectivity index (χ3n) is 5.75. The Balaban J connectivity index is 1.38. The smallest absolute Gasteiger partial charge is 0.414 e. The zero-order valence-corrected chi connectivity index (χ0v) is 18.9. The third kappa shape index (κ3) is 4.78. The number of carbonyl (C=O) groups excluding carboxylic acids is 2. The van der Waals surface area contributed by atoms with Crippen LogP contribution in [0.4, 0.5) is 10.7 Å². The largest absolute Gasteiger partial charge is 0.481 e. The summed E-state index contributed by atoms with van der Waals surface area (Å²) >= 11 is 0. The number of benzene rings is 2. The van der Waals surface area contributed by atoms with Gasteiger partial charge in [0.15, 0.2) is 5.69 Å². The van der Waals surface area contributed by atoms with Crippen molar-refractivity contribution in [2.24, 2.45) is 0 Å². The van der Waals surface area contributed by atoms with Gasteiger partial charge in [-0.25, -0.2) is 4.79 Å². The molecule has 2 N–H and O–H groups in total. The highest BCUT2D eigenvalue weighted by molar-refractivity contribution is 5.94. The number of carboxylic acid groups (broad SMARTS) is 1. The summed E-state index contributed by atoms with van der Waals surface area (Å²) in [6, 6.07) is 17.1. The van der Waals surface area contributed by atoms with Crippen LogP contribution in [0.1, 0.15) is 47.8 Å². The standard InChI is InChI=1S/C25H25N3O6/c1-15(2)28(12-11-23(29)30)24(31)21-13-22(34-27-21)26-25(32)33-14-20-18-9-5-3-7-16(18)17-8-4-6-10-19(17)20/h3-10,13,15,20H,11-12,14H2,1-2H3,(H,26,32)(H,29,30). The van der Waals surface area contributed by atoms with Crippen molar-refractivity contribution in [3.8, 4) is 11.1 Å². The van der Waals surface area contributed by atoms with Gasteiger partial charge in [-0.1, -0.05) is 53.7 Å². The number of fused-ring (bicyclic) bond motifs is 3. The number of anilines is 1. The van der Waals surface area contributed by atoms with Crippen LogP contribution in [0, 0.1) is 0 Å². The molecule has 1 aromatic heterocycles. The number of carboxylic acids is 1. The molecule has 9 heteroatoms. The number of carbonyl (C=O) groups is 3. The second-order valence-corrected chi connectivity index (χ2v) is 8.26. The van der Waals surface area contributed by atoms with Gasteiger partial charge in [0, 0.05) is 24.6 Å². The molecule has 2 amide bonds. The molecule has 0 bridgehead atoms. The van der Waals surface area contributed by atoms with Crippen LogP contribution in [-0.4, -0.2) is 52.3 Å². The molecule has 0 saturated carbocycles. The van der Waals surface area contributed by atoms with E-state index in [1.807, 2.05) is 36.4 Å². The average molecular weight is 463 g/mol. The lowest BCUT2D eigenvalue weighted by Gasteiger charge is -2.24. The molecular formula is C25H25N3O6. The molecule has 0 saturated heterocycles. The number of hydrogen-bond acceptors (Lipinski definition) is 6. The van der Waals surface area contributed by atoms with E-state index in [-0.39, 0.29) is 43.1 Å². The molecule has 176 valence electrons. The van der Waals surface area contributed by atoms with Gasteiger partial charge < -0.3 is 19.3 Å². The van der Waals surface area contributed by atoms with Crippen molar-refractivity contribution in [3.63, 3.8) is 0 Å². The Morgan fingerprint density at radius 2 is 1.71 bits per heavy atom. The number of nitrogens with zero attached hydrogens (tertiary/aromatic N) is 2. The first-order chi connectivity index (χ1) is 16.3. The maximum atomic E-state index is 12.7. The quantitative estimate of drug-likeness (QED) is 0.509. The Kier molecular flexibility index (Phi) is 6.62. The van der Waals surface area contributed by atoms with E-state index in [1.165, 1.54) is 11.0 Å². The molecule has 2 aromatic carbocycles. The van der Waals surface area contributed by atoms with Crippen LogP contribution >= 0.6 is 0 Å². The van der Waals surface area contributed by atoms with E-state index in [2.05, 4.69) is 22.6 Å². The van der Waals surface area contributed by atoms with Crippen molar-refractivity contribution in [2.75, 3.05) is 18.5 Å². The van der Waals surface area contributed by atoms with Gasteiger partial charge in [0.25, 0.3) is 5.91 Å². The first kappa shape index (κ1) is 23.0. The minimum Gasteiger partial charge on any atom is -0.481 e. The maximum absolute atomic E-state index is 12.7. The Morgan fingerprint density at radius 3 is 2.29 bits per heavy atom. The van der Waals surface area contributed by atoms with Gasteiger partial charge in [-0.2, -0.15) is 0 Å². The summed E-state index contributed by atoms with van der Waals surface area (Å²) in [4.78, 5) is 37.4. The van der Waals surface area contributed by atoms with Gasteiger partial charge >= 0.3 is 12.1 Å². The first-order valence-electron chi connectivity index (χ1n) is 11.0. The van der Waals surface area contributed by atoms with Crippen molar-refractivity contribution >= 4 is 23.9 Å². The number of aliphatic carboxylic acids is 1. The summed E-state index contributed by atoms with van der Waals surface area (Å²) in [5.41, 5.74) is 4.41. The van der Waals surface area contributed by atoms with Crippen molar-refractivity contribution in [1.82, 2.24) is 10.1 Å². The molecule has 1 aliphatic rings. The Labute approximate surface area is 196 Å². The maximum Gasteiger partial charge on any atom is 0.414 e. The minimum atomic E-state index is -1.00. The monoisotopic (exact) mass is 463 g/mol. The van der Waals surface area contributed by atoms with Gasteiger partial charge in [-0.3, -0.25) is 14.9 Å². The molecular weight excluding hydrogens is 438 g/mol. The van der Waals surface area contributed by atoms with E-state index in [9.17, 15) is 14.4 Å². The molecule has 1 aliphatic carbocycles. The van der Waals surface area contributed by atoms with E-state index < -0.39 is 18.0 Å². The van der Waals surface area contributed by atoms with Gasteiger partial charge in [0.05, 0.1) is 6.42 Å². The van der Waals surface area contributed by atoms with Crippen LogP contribution in [-0.2, 0) is 9.53 Å². The van der Waals surface area contributed by atoms with E-state index in [0.717, 1.165) is 22.3 Å². The number of amides is 2. The van der Waals surface area contributed by atoms with E-state index in [4.69, 9.17) is 14.4 Å². The summed E-state index contributed by atoms with van der Waals surface area (Å²) in [5, 5.41) is 15.1. The van der Waals surface area contributed by atoms with Crippen LogP contribution in [0.15, 0.2) is 59.1 Å². The molecule has 9 nitrogen and oxygen atoms in total. The Hall–Kier alpha value is -4.14. The summed E-state index contributed by atoms with van der Waals surface area (Å²) < 4.78 is 10.5. The highest BCUT2D eigenvalue weighted by Gasteiger charge is 2.29. The predicted octanol–water partition coefficient (Wildman–Crippen LogP) is 4.36. The van der Waals surface area contributed by atoms with Crippen molar-refractivity contribution < 1.29 is 28.8 Å². The topological polar surface area (TPSA) is 122 Å². The molecule has 3 aromatic rings. The van der Waals surface area contributed by atoms with Crippen molar-refractivity contribution in [1.29, 1.82) is 0 Å². The van der Waals surface area contributed by atoms with Crippen LogP contribution in [0.5, 0.6) is 0 Å². The molecule has 0 spiro atoms. The van der Waals surface area contributed by atoms with Crippen LogP contribution in [0.25, 0.3) is 11.1 Å². The summed E-state index contributed by atoms with van der Waals surface area (Å²) in [6.07, 6.45) is -0.921. The number of ether oxygens (including phenoxy) is 1. The molecule has 0 fully saturated rings. The van der Waals surface area contributed by atoms with Crippen molar-refractivity contribution in [3.05, 3.63) is 71.4 Å². The number of aromatic nitrogens is 1. The Morgan fingerprint density at radius 1 is 1.09 bits per heavy atom. The second kappa shape index (κ2) is 9.78. The lowest BCUT2D eigenvalue weighted by Crippen LogP contribution is -2.38. The molecule has 0 unspecified atom stereocenters. The van der Waals surface area contributed by atoms with Crippen LogP contribution in [0.2, 0.25) is 0 Å². The average Bonchev–Trinajstić information content (AvgIpc) is 3.40. The molecule has 0 atom stereocenters. The zero-order chi connectivity index (χ0) is 24.2. The lowest BCUT2D eigenvalue weighted by molar-refractivity contribution is -0.137. The Bertz CT molecular complexity index is 1170. The number of rotatable bonds is 8. The van der Waals surface area contributed by atoms with Gasteiger partial charge in [0.1, 0.15) is 6.61 Å². The summed E-state index contributed by atoms with van der Waals surface area (Å²) in [5.74, 6) is -1.61. The van der Waals surface area contributed by atoms with Gasteiger partial charge in [-0.05, 0) is 36.1 Å². The molecule has 1 heterocycles. The molecule has 34 heavy (non-hydrogen) atoms. The minimum absolute atomic E-state index is 0.0342. The van der Waals surface area contributed by atoms with Gasteiger partial charge in [-0.15, -0.1) is 0 Å². The zero-order valence-electron chi connectivity index (χ0n) is 18.9. The third-order valence-corrected chi connectivity index (χ3v) is 5.75. The van der Waals surface area contributed by atoms with Crippen LogP contribution in [0.3, 0.4) is 0 Å².